The van der Waals surface area contributed by atoms with Crippen molar-refractivity contribution in [1.29, 1.82) is 0 Å². The highest BCUT2D eigenvalue weighted by Crippen LogP contribution is 2.21. The third-order valence-corrected chi connectivity index (χ3v) is 4.30. The molecule has 1 aliphatic heterocycles. The number of aliphatic carboxylic acids is 1. The van der Waals surface area contributed by atoms with Gasteiger partial charge >= 0.3 is 5.97 Å². The number of piperazine rings is 1. The first-order valence-corrected chi connectivity index (χ1v) is 8.65. The predicted molar refractivity (Wildman–Crippen MR) is 94.6 cm³/mol. The van der Waals surface area contributed by atoms with Crippen LogP contribution in [-0.4, -0.2) is 72.2 Å². The summed E-state index contributed by atoms with van der Waals surface area (Å²) in [6, 6.07) is 8.30. The smallest absolute Gasteiger partial charge is 0.322 e. The molecule has 1 fully saturated rings. The number of rotatable bonds is 8. The van der Waals surface area contributed by atoms with E-state index >= 15 is 0 Å². The standard InChI is InChI=1S/C18H27N3O4/c1-3-25-16-7-5-4-6-15(16)12-20-8-9-21(14(2)11-20)13-17(22)19-10-18(23)24/h4-7,14H,3,8-13H2,1-2H3,(H,19,22)(H,23,24). The lowest BCUT2D eigenvalue weighted by Gasteiger charge is -2.39. The maximum atomic E-state index is 11.8. The van der Waals surface area contributed by atoms with Crippen LogP contribution in [0.3, 0.4) is 0 Å². The van der Waals surface area contributed by atoms with Crippen LogP contribution in [0.1, 0.15) is 19.4 Å². The number of hydrogen-bond acceptors (Lipinski definition) is 5. The highest BCUT2D eigenvalue weighted by molar-refractivity contribution is 5.82. The number of nitrogens with zero attached hydrogens (tertiary/aromatic N) is 2. The molecular weight excluding hydrogens is 322 g/mol. The highest BCUT2D eigenvalue weighted by Gasteiger charge is 2.25. The number of carboxylic acid groups (broad SMARTS) is 1. The van der Waals surface area contributed by atoms with Crippen molar-refractivity contribution < 1.29 is 19.4 Å². The molecule has 1 saturated heterocycles. The van der Waals surface area contributed by atoms with Crippen LogP contribution in [0.15, 0.2) is 24.3 Å². The molecule has 138 valence electrons. The molecule has 1 atom stereocenters. The number of carbonyl (C=O) groups is 2. The molecule has 0 bridgehead atoms. The number of hydrogen-bond donors (Lipinski definition) is 2. The van der Waals surface area contributed by atoms with Crippen molar-refractivity contribution in [3.05, 3.63) is 29.8 Å². The monoisotopic (exact) mass is 349 g/mol. The van der Waals surface area contributed by atoms with Gasteiger partial charge in [0.05, 0.1) is 13.2 Å². The molecule has 0 aromatic heterocycles. The summed E-state index contributed by atoms with van der Waals surface area (Å²) >= 11 is 0. The van der Waals surface area contributed by atoms with E-state index in [0.717, 1.165) is 31.9 Å². The third-order valence-electron chi connectivity index (χ3n) is 4.30. The zero-order valence-electron chi connectivity index (χ0n) is 14.9. The molecule has 1 aliphatic rings. The van der Waals surface area contributed by atoms with Crippen LogP contribution < -0.4 is 10.1 Å². The first kappa shape index (κ1) is 19.2. The van der Waals surface area contributed by atoms with Crippen LogP contribution in [0.2, 0.25) is 0 Å². The van der Waals surface area contributed by atoms with Crippen molar-refractivity contribution >= 4 is 11.9 Å². The van der Waals surface area contributed by atoms with Gasteiger partial charge in [-0.15, -0.1) is 0 Å². The van der Waals surface area contributed by atoms with Gasteiger partial charge in [-0.25, -0.2) is 0 Å². The Kier molecular flexibility index (Phi) is 7.21. The Hall–Kier alpha value is -2.12. The molecule has 2 rings (SSSR count). The molecule has 1 aromatic rings. The fraction of sp³-hybridized carbons (Fsp3) is 0.556. The zero-order valence-corrected chi connectivity index (χ0v) is 14.9. The van der Waals surface area contributed by atoms with Crippen LogP contribution in [0.5, 0.6) is 5.75 Å². The first-order valence-electron chi connectivity index (χ1n) is 8.65. The van der Waals surface area contributed by atoms with Gasteiger partial charge in [0.15, 0.2) is 0 Å². The Morgan fingerprint density at radius 2 is 2.08 bits per heavy atom. The Bertz CT molecular complexity index is 593. The van der Waals surface area contributed by atoms with Crippen molar-refractivity contribution in [3.63, 3.8) is 0 Å². The van der Waals surface area contributed by atoms with E-state index in [0.29, 0.717) is 6.61 Å². The van der Waals surface area contributed by atoms with Crippen molar-refractivity contribution in [2.75, 3.05) is 39.3 Å². The van der Waals surface area contributed by atoms with Crippen LogP contribution >= 0.6 is 0 Å². The number of nitrogens with one attached hydrogen (secondary N) is 1. The lowest BCUT2D eigenvalue weighted by Crippen LogP contribution is -2.54. The Morgan fingerprint density at radius 3 is 2.76 bits per heavy atom. The van der Waals surface area contributed by atoms with E-state index in [-0.39, 0.29) is 25.0 Å². The summed E-state index contributed by atoms with van der Waals surface area (Å²) in [5.74, 6) is -0.350. The maximum absolute atomic E-state index is 11.8. The number of ether oxygens (including phenoxy) is 1. The van der Waals surface area contributed by atoms with E-state index in [1.807, 2.05) is 25.1 Å². The van der Waals surface area contributed by atoms with Gasteiger partial charge in [-0.3, -0.25) is 19.4 Å². The molecule has 25 heavy (non-hydrogen) atoms. The van der Waals surface area contributed by atoms with E-state index in [2.05, 4.69) is 28.1 Å². The summed E-state index contributed by atoms with van der Waals surface area (Å²) in [6.07, 6.45) is 0. The average Bonchev–Trinajstić information content (AvgIpc) is 2.57. The minimum absolute atomic E-state index is 0.226. The van der Waals surface area contributed by atoms with Gasteiger partial charge in [-0.1, -0.05) is 18.2 Å². The second kappa shape index (κ2) is 9.39. The number of benzene rings is 1. The molecule has 1 heterocycles. The van der Waals surface area contributed by atoms with Gasteiger partial charge in [0.25, 0.3) is 0 Å². The second-order valence-electron chi connectivity index (χ2n) is 6.27. The van der Waals surface area contributed by atoms with Crippen LogP contribution in [-0.2, 0) is 16.1 Å². The Balaban J connectivity index is 1.85. The van der Waals surface area contributed by atoms with Crippen molar-refractivity contribution in [3.8, 4) is 5.75 Å². The molecule has 2 N–H and O–H groups in total. The van der Waals surface area contributed by atoms with Crippen LogP contribution in [0, 0.1) is 0 Å². The molecule has 1 aromatic carbocycles. The molecule has 0 saturated carbocycles. The average molecular weight is 349 g/mol. The largest absolute Gasteiger partial charge is 0.494 e. The number of para-hydroxylation sites is 1. The quantitative estimate of drug-likeness (QED) is 0.722. The van der Waals surface area contributed by atoms with E-state index in [9.17, 15) is 9.59 Å². The maximum Gasteiger partial charge on any atom is 0.322 e. The number of carboxylic acids is 1. The Labute approximate surface area is 148 Å². The lowest BCUT2D eigenvalue weighted by atomic mass is 10.1. The first-order chi connectivity index (χ1) is 12.0. The normalized spacial score (nSPS) is 18.7. The summed E-state index contributed by atoms with van der Waals surface area (Å²) in [7, 11) is 0. The number of carbonyl (C=O) groups excluding carboxylic acids is 1. The summed E-state index contributed by atoms with van der Waals surface area (Å²) in [4.78, 5) is 26.8. The molecule has 7 nitrogen and oxygen atoms in total. The van der Waals surface area contributed by atoms with E-state index in [1.54, 1.807) is 0 Å². The topological polar surface area (TPSA) is 82.1 Å². The van der Waals surface area contributed by atoms with E-state index in [1.165, 1.54) is 5.56 Å². The molecule has 7 heteroatoms. The second-order valence-corrected chi connectivity index (χ2v) is 6.27. The molecule has 0 spiro atoms. The van der Waals surface area contributed by atoms with Crippen LogP contribution in [0.4, 0.5) is 0 Å². The van der Waals surface area contributed by atoms with Crippen molar-refractivity contribution in [2.24, 2.45) is 0 Å². The zero-order chi connectivity index (χ0) is 18.2. The van der Waals surface area contributed by atoms with E-state index < -0.39 is 5.97 Å². The van der Waals surface area contributed by atoms with E-state index in [4.69, 9.17) is 9.84 Å². The van der Waals surface area contributed by atoms with Gasteiger partial charge in [-0.05, 0) is 19.9 Å². The van der Waals surface area contributed by atoms with Crippen molar-refractivity contribution in [2.45, 2.75) is 26.4 Å². The van der Waals surface area contributed by atoms with Gasteiger partial charge in [0.1, 0.15) is 12.3 Å². The summed E-state index contributed by atoms with van der Waals surface area (Å²) < 4.78 is 5.69. The fourth-order valence-corrected chi connectivity index (χ4v) is 3.04. The van der Waals surface area contributed by atoms with Gasteiger partial charge in [-0.2, -0.15) is 0 Å². The fourth-order valence-electron chi connectivity index (χ4n) is 3.04. The lowest BCUT2D eigenvalue weighted by molar-refractivity contribution is -0.138. The summed E-state index contributed by atoms with van der Waals surface area (Å²) in [6.45, 7) is 7.92. The third kappa shape index (κ3) is 6.03. The molecule has 1 amide bonds. The molecule has 0 aliphatic carbocycles. The summed E-state index contributed by atoms with van der Waals surface area (Å²) in [5.41, 5.74) is 1.17. The van der Waals surface area contributed by atoms with Gasteiger partial charge in [0.2, 0.25) is 5.91 Å². The number of amides is 1. The van der Waals surface area contributed by atoms with Crippen molar-refractivity contribution in [1.82, 2.24) is 15.1 Å². The van der Waals surface area contributed by atoms with Crippen LogP contribution in [0.25, 0.3) is 0 Å². The SMILES string of the molecule is CCOc1ccccc1CN1CCN(CC(=O)NCC(=O)O)C(C)C1. The molecular formula is C18H27N3O4. The summed E-state index contributed by atoms with van der Waals surface area (Å²) in [5, 5.41) is 11.0. The predicted octanol–water partition coefficient (Wildman–Crippen LogP) is 0.792. The van der Waals surface area contributed by atoms with Gasteiger partial charge < -0.3 is 15.2 Å². The van der Waals surface area contributed by atoms with Gasteiger partial charge in [0, 0.05) is 37.8 Å². The minimum atomic E-state index is -1.03. The highest BCUT2D eigenvalue weighted by atomic mass is 16.5. The minimum Gasteiger partial charge on any atom is -0.494 e. The molecule has 0 radical (unpaired) electrons. The Morgan fingerprint density at radius 1 is 1.32 bits per heavy atom. The molecule has 1 unspecified atom stereocenters.